The average Bonchev–Trinajstić information content (AvgIpc) is 2.79. The van der Waals surface area contributed by atoms with Crippen molar-refractivity contribution in [2.75, 3.05) is 13.2 Å². The minimum Gasteiger partial charge on any atom is -0.376 e. The molecule has 1 saturated carbocycles. The summed E-state index contributed by atoms with van der Waals surface area (Å²) >= 11 is 0. The molecule has 0 radical (unpaired) electrons. The third-order valence-electron chi connectivity index (χ3n) is 3.12. The first-order valence-electron chi connectivity index (χ1n) is 6.51. The van der Waals surface area contributed by atoms with Crippen LogP contribution in [-0.4, -0.2) is 24.3 Å². The first kappa shape index (κ1) is 14.0. The summed E-state index contributed by atoms with van der Waals surface area (Å²) in [6.45, 7) is 15.1. The minimum atomic E-state index is 0.00748. The van der Waals surface area contributed by atoms with Crippen LogP contribution in [-0.2, 0) is 4.74 Å². The maximum absolute atomic E-state index is 5.81. The minimum absolute atomic E-state index is 0.00748. The lowest BCUT2D eigenvalue weighted by atomic mass is 10.0. The lowest BCUT2D eigenvalue weighted by Gasteiger charge is -2.26. The Morgan fingerprint density at radius 1 is 1.06 bits per heavy atom. The molecule has 16 heavy (non-hydrogen) atoms. The van der Waals surface area contributed by atoms with E-state index in [0.29, 0.717) is 5.41 Å². The van der Waals surface area contributed by atoms with Gasteiger partial charge in [0.2, 0.25) is 0 Å². The lowest BCUT2D eigenvalue weighted by molar-refractivity contribution is -0.0110. The van der Waals surface area contributed by atoms with Crippen LogP contribution < -0.4 is 5.32 Å². The normalized spacial score (nSPS) is 19.9. The van der Waals surface area contributed by atoms with Crippen molar-refractivity contribution in [2.45, 2.75) is 71.9 Å². The SMILES string of the molecule is CC(C)(C)NCC1(CCOC(C)(C)C)CC1. The molecule has 0 spiro atoms. The molecule has 1 fully saturated rings. The number of ether oxygens (including phenoxy) is 1. The molecule has 2 nitrogen and oxygen atoms in total. The van der Waals surface area contributed by atoms with E-state index in [4.69, 9.17) is 4.74 Å². The van der Waals surface area contributed by atoms with Crippen LogP contribution in [0.15, 0.2) is 0 Å². The predicted molar refractivity (Wildman–Crippen MR) is 69.7 cm³/mol. The van der Waals surface area contributed by atoms with Crippen molar-refractivity contribution < 1.29 is 4.74 Å². The summed E-state index contributed by atoms with van der Waals surface area (Å²) in [6, 6.07) is 0. The zero-order valence-corrected chi connectivity index (χ0v) is 11.9. The van der Waals surface area contributed by atoms with E-state index < -0.39 is 0 Å². The van der Waals surface area contributed by atoms with Gasteiger partial charge in [-0.25, -0.2) is 0 Å². The Balaban J connectivity index is 2.21. The number of hydrogen-bond donors (Lipinski definition) is 1. The maximum Gasteiger partial charge on any atom is 0.0598 e. The van der Waals surface area contributed by atoms with E-state index in [1.807, 2.05) is 0 Å². The molecule has 0 atom stereocenters. The standard InChI is InChI=1S/C14H29NO/c1-12(2,3)15-11-14(7-8-14)9-10-16-13(4,5)6/h15H,7-11H2,1-6H3. The van der Waals surface area contributed by atoms with Gasteiger partial charge in [-0.05, 0) is 66.2 Å². The molecule has 2 heteroatoms. The molecule has 1 N–H and O–H groups in total. The third kappa shape index (κ3) is 5.86. The Labute approximate surface area is 101 Å². The molecule has 0 aliphatic heterocycles. The molecule has 0 heterocycles. The largest absolute Gasteiger partial charge is 0.376 e. The van der Waals surface area contributed by atoms with Gasteiger partial charge in [-0.3, -0.25) is 0 Å². The summed E-state index contributed by atoms with van der Waals surface area (Å²) in [5.41, 5.74) is 0.784. The fourth-order valence-electron chi connectivity index (χ4n) is 1.72. The number of hydrogen-bond acceptors (Lipinski definition) is 2. The summed E-state index contributed by atoms with van der Waals surface area (Å²) < 4.78 is 5.81. The zero-order chi connectivity index (χ0) is 12.4. The van der Waals surface area contributed by atoms with Crippen LogP contribution in [0.3, 0.4) is 0 Å². The van der Waals surface area contributed by atoms with Gasteiger partial charge >= 0.3 is 0 Å². The van der Waals surface area contributed by atoms with Gasteiger partial charge in [-0.2, -0.15) is 0 Å². The van der Waals surface area contributed by atoms with Crippen LogP contribution in [0.4, 0.5) is 0 Å². The number of nitrogens with one attached hydrogen (secondary N) is 1. The van der Waals surface area contributed by atoms with Gasteiger partial charge in [0.15, 0.2) is 0 Å². The first-order valence-corrected chi connectivity index (χ1v) is 6.51. The highest BCUT2D eigenvalue weighted by molar-refractivity contribution is 4.96. The quantitative estimate of drug-likeness (QED) is 0.777. The Hall–Kier alpha value is -0.0800. The summed E-state index contributed by atoms with van der Waals surface area (Å²) in [6.07, 6.45) is 3.93. The molecule has 0 aromatic rings. The maximum atomic E-state index is 5.81. The Bertz CT molecular complexity index is 218. The molecular formula is C14H29NO. The van der Waals surface area contributed by atoms with Gasteiger partial charge in [-0.1, -0.05) is 0 Å². The zero-order valence-electron chi connectivity index (χ0n) is 11.9. The lowest BCUT2D eigenvalue weighted by Crippen LogP contribution is -2.40. The highest BCUT2D eigenvalue weighted by Crippen LogP contribution is 2.48. The van der Waals surface area contributed by atoms with Gasteiger partial charge < -0.3 is 10.1 Å². The van der Waals surface area contributed by atoms with Gasteiger partial charge in [0.1, 0.15) is 0 Å². The van der Waals surface area contributed by atoms with E-state index in [9.17, 15) is 0 Å². The van der Waals surface area contributed by atoms with E-state index in [-0.39, 0.29) is 11.1 Å². The first-order chi connectivity index (χ1) is 7.12. The fraction of sp³-hybridized carbons (Fsp3) is 1.00. The number of rotatable bonds is 5. The van der Waals surface area contributed by atoms with Crippen molar-refractivity contribution in [1.82, 2.24) is 5.32 Å². The fourth-order valence-corrected chi connectivity index (χ4v) is 1.72. The van der Waals surface area contributed by atoms with Crippen molar-refractivity contribution in [1.29, 1.82) is 0 Å². The third-order valence-corrected chi connectivity index (χ3v) is 3.12. The van der Waals surface area contributed by atoms with Gasteiger partial charge in [0.05, 0.1) is 5.60 Å². The van der Waals surface area contributed by atoms with Crippen molar-refractivity contribution in [2.24, 2.45) is 5.41 Å². The van der Waals surface area contributed by atoms with Gasteiger partial charge in [-0.15, -0.1) is 0 Å². The molecule has 0 aromatic carbocycles. The van der Waals surface area contributed by atoms with Gasteiger partial charge in [0.25, 0.3) is 0 Å². The Morgan fingerprint density at radius 3 is 2.00 bits per heavy atom. The molecular weight excluding hydrogens is 198 g/mol. The van der Waals surface area contributed by atoms with Crippen LogP contribution in [0.2, 0.25) is 0 Å². The van der Waals surface area contributed by atoms with Crippen molar-refractivity contribution >= 4 is 0 Å². The van der Waals surface area contributed by atoms with Gasteiger partial charge in [0, 0.05) is 18.7 Å². The highest BCUT2D eigenvalue weighted by Gasteiger charge is 2.42. The highest BCUT2D eigenvalue weighted by atomic mass is 16.5. The Kier molecular flexibility index (Phi) is 4.07. The van der Waals surface area contributed by atoms with E-state index in [2.05, 4.69) is 46.9 Å². The molecule has 0 amide bonds. The van der Waals surface area contributed by atoms with Crippen molar-refractivity contribution in [3.05, 3.63) is 0 Å². The smallest absolute Gasteiger partial charge is 0.0598 e. The van der Waals surface area contributed by atoms with E-state index >= 15 is 0 Å². The second kappa shape index (κ2) is 4.66. The van der Waals surface area contributed by atoms with Crippen LogP contribution in [0.1, 0.15) is 60.8 Å². The molecule has 1 aliphatic carbocycles. The van der Waals surface area contributed by atoms with Crippen LogP contribution in [0.25, 0.3) is 0 Å². The van der Waals surface area contributed by atoms with Crippen molar-refractivity contribution in [3.63, 3.8) is 0 Å². The summed E-state index contributed by atoms with van der Waals surface area (Å²) in [4.78, 5) is 0. The molecule has 0 aromatic heterocycles. The summed E-state index contributed by atoms with van der Waals surface area (Å²) in [5, 5.41) is 3.62. The molecule has 96 valence electrons. The second-order valence-electron chi connectivity index (χ2n) is 7.31. The summed E-state index contributed by atoms with van der Waals surface area (Å²) in [7, 11) is 0. The van der Waals surface area contributed by atoms with Crippen LogP contribution >= 0.6 is 0 Å². The Morgan fingerprint density at radius 2 is 1.62 bits per heavy atom. The molecule has 1 aliphatic rings. The van der Waals surface area contributed by atoms with Crippen LogP contribution in [0.5, 0.6) is 0 Å². The monoisotopic (exact) mass is 227 g/mol. The predicted octanol–water partition coefficient (Wildman–Crippen LogP) is 3.36. The second-order valence-corrected chi connectivity index (χ2v) is 7.31. The van der Waals surface area contributed by atoms with E-state index in [0.717, 1.165) is 13.2 Å². The molecule has 0 bridgehead atoms. The van der Waals surface area contributed by atoms with E-state index in [1.165, 1.54) is 19.3 Å². The van der Waals surface area contributed by atoms with E-state index in [1.54, 1.807) is 0 Å². The topological polar surface area (TPSA) is 21.3 Å². The average molecular weight is 227 g/mol. The molecule has 1 rings (SSSR count). The molecule has 0 unspecified atom stereocenters. The summed E-state index contributed by atoms with van der Waals surface area (Å²) in [5.74, 6) is 0. The molecule has 0 saturated heterocycles. The van der Waals surface area contributed by atoms with Crippen LogP contribution in [0, 0.1) is 5.41 Å². The van der Waals surface area contributed by atoms with Crippen molar-refractivity contribution in [3.8, 4) is 0 Å².